The first-order valence-corrected chi connectivity index (χ1v) is 12.1. The van der Waals surface area contributed by atoms with Crippen molar-refractivity contribution >= 4 is 18.0 Å². The van der Waals surface area contributed by atoms with Gasteiger partial charge >= 0.3 is 5.97 Å². The molecule has 0 spiro atoms. The minimum Gasteiger partial charge on any atom is -0.466 e. The molecule has 0 amide bonds. The van der Waals surface area contributed by atoms with E-state index in [0.717, 1.165) is 49.0 Å². The van der Waals surface area contributed by atoms with Crippen LogP contribution in [0.15, 0.2) is 47.6 Å². The third-order valence-electron chi connectivity index (χ3n) is 6.48. The number of esters is 1. The second-order valence-corrected chi connectivity index (χ2v) is 8.92. The number of benzene rings is 2. The summed E-state index contributed by atoms with van der Waals surface area (Å²) in [5, 5.41) is 6.47. The van der Waals surface area contributed by atoms with Crippen molar-refractivity contribution in [3.8, 4) is 0 Å². The lowest BCUT2D eigenvalue weighted by atomic mass is 9.78. The molecule has 1 saturated heterocycles. The predicted octanol–water partition coefficient (Wildman–Crippen LogP) is 3.49. The van der Waals surface area contributed by atoms with E-state index >= 15 is 0 Å². The van der Waals surface area contributed by atoms with Crippen molar-refractivity contribution in [2.75, 3.05) is 32.9 Å². The van der Waals surface area contributed by atoms with E-state index in [2.05, 4.69) is 5.10 Å². The Morgan fingerprint density at radius 3 is 2.62 bits per heavy atom. The van der Waals surface area contributed by atoms with Crippen LogP contribution in [0.5, 0.6) is 0 Å². The lowest BCUT2D eigenvalue weighted by Gasteiger charge is -2.30. The summed E-state index contributed by atoms with van der Waals surface area (Å²) in [6, 6.07) is 13.0. The highest BCUT2D eigenvalue weighted by Gasteiger charge is 2.29. The number of nitrogens with zero attached hydrogens (tertiary/aromatic N) is 2. The van der Waals surface area contributed by atoms with E-state index in [9.17, 15) is 9.59 Å². The lowest BCUT2D eigenvalue weighted by Crippen LogP contribution is -2.32. The molecule has 4 rings (SSSR count). The Bertz CT molecular complexity index is 1030. The van der Waals surface area contributed by atoms with Crippen LogP contribution in [0, 0.1) is 5.92 Å². The number of carbonyl (C=O) groups is 2. The summed E-state index contributed by atoms with van der Waals surface area (Å²) in [4.78, 5) is 25.1. The molecule has 0 aromatic heterocycles. The fourth-order valence-electron chi connectivity index (χ4n) is 4.49. The van der Waals surface area contributed by atoms with Gasteiger partial charge in [0.25, 0.3) is 0 Å². The lowest BCUT2D eigenvalue weighted by molar-refractivity contribution is -0.145. The Hall–Kier alpha value is -3.03. The molecule has 0 radical (unpaired) electrons. The molecular formula is C27H33N3O4. The highest BCUT2D eigenvalue weighted by Crippen LogP contribution is 2.35. The molecule has 2 N–H and O–H groups in total. The number of morpholine rings is 1. The zero-order valence-electron chi connectivity index (χ0n) is 19.7. The normalized spacial score (nSPS) is 20.2. The van der Waals surface area contributed by atoms with Crippen LogP contribution in [0.3, 0.4) is 0 Å². The van der Waals surface area contributed by atoms with Crippen LogP contribution in [0.1, 0.15) is 64.8 Å². The summed E-state index contributed by atoms with van der Waals surface area (Å²) in [5.74, 6) is -0.139. The first-order valence-electron chi connectivity index (χ1n) is 12.1. The number of rotatable bonds is 8. The van der Waals surface area contributed by atoms with Gasteiger partial charge in [0.2, 0.25) is 0 Å². The number of hydrogen-bond acceptors (Lipinski definition) is 7. The molecule has 1 aliphatic carbocycles. The summed E-state index contributed by atoms with van der Waals surface area (Å²) in [7, 11) is 0. The maximum absolute atomic E-state index is 13.1. The molecule has 34 heavy (non-hydrogen) atoms. The fourth-order valence-corrected chi connectivity index (χ4v) is 4.49. The standard InChI is InChI=1S/C27H33N3O4/c1-2-13-34-25(31)17-22-8-7-21-16-23(9-10-24(21)26(22)28)27(32)20-5-3-19(4-6-20)18-29-30-11-14-33-15-12-30/h3-6,9-10,16,18,22,26H,2,7-8,11-15,17,28H2,1H3. The molecule has 180 valence electrons. The largest absolute Gasteiger partial charge is 0.466 e. The maximum atomic E-state index is 13.1. The number of ketones is 1. The van der Waals surface area contributed by atoms with Crippen LogP contribution >= 0.6 is 0 Å². The third-order valence-corrected chi connectivity index (χ3v) is 6.48. The number of hydrazone groups is 1. The van der Waals surface area contributed by atoms with Crippen LogP contribution in [-0.4, -0.2) is 55.9 Å². The Balaban J connectivity index is 1.40. The molecule has 2 unspecified atom stereocenters. The van der Waals surface area contributed by atoms with Crippen LogP contribution in [0.25, 0.3) is 0 Å². The van der Waals surface area contributed by atoms with Crippen molar-refractivity contribution in [1.82, 2.24) is 5.01 Å². The molecule has 1 aliphatic heterocycles. The summed E-state index contributed by atoms with van der Waals surface area (Å²) >= 11 is 0. The van der Waals surface area contributed by atoms with E-state index in [1.807, 2.05) is 60.6 Å². The molecular weight excluding hydrogens is 430 g/mol. The number of carbonyl (C=O) groups excluding carboxylic acids is 2. The van der Waals surface area contributed by atoms with Gasteiger partial charge in [-0.25, -0.2) is 0 Å². The first kappa shape index (κ1) is 24.1. The average molecular weight is 464 g/mol. The van der Waals surface area contributed by atoms with Gasteiger partial charge in [-0.2, -0.15) is 5.10 Å². The number of aryl methyl sites for hydroxylation is 1. The topological polar surface area (TPSA) is 94.2 Å². The van der Waals surface area contributed by atoms with Crippen LogP contribution in [-0.2, 0) is 20.7 Å². The Morgan fingerprint density at radius 1 is 1.15 bits per heavy atom. The van der Waals surface area contributed by atoms with Crippen molar-refractivity contribution in [1.29, 1.82) is 0 Å². The quantitative estimate of drug-likeness (QED) is 0.366. The zero-order valence-corrected chi connectivity index (χ0v) is 19.7. The van der Waals surface area contributed by atoms with Gasteiger partial charge in [-0.1, -0.05) is 43.3 Å². The van der Waals surface area contributed by atoms with E-state index in [0.29, 0.717) is 37.4 Å². The molecule has 0 bridgehead atoms. The van der Waals surface area contributed by atoms with Gasteiger partial charge in [0.15, 0.2) is 5.78 Å². The highest BCUT2D eigenvalue weighted by molar-refractivity contribution is 6.09. The minimum absolute atomic E-state index is 0.0155. The molecule has 1 heterocycles. The number of hydrogen-bond donors (Lipinski definition) is 1. The predicted molar refractivity (Wildman–Crippen MR) is 131 cm³/mol. The summed E-state index contributed by atoms with van der Waals surface area (Å²) in [6.07, 6.45) is 4.57. The van der Waals surface area contributed by atoms with Crippen LogP contribution in [0.4, 0.5) is 0 Å². The van der Waals surface area contributed by atoms with Gasteiger partial charge in [0, 0.05) is 17.2 Å². The van der Waals surface area contributed by atoms with Crippen molar-refractivity contribution in [3.63, 3.8) is 0 Å². The van der Waals surface area contributed by atoms with E-state index in [1.54, 1.807) is 0 Å². The molecule has 2 aliphatic rings. The third kappa shape index (κ3) is 5.90. The summed E-state index contributed by atoms with van der Waals surface area (Å²) < 4.78 is 10.6. The van der Waals surface area contributed by atoms with E-state index in [1.165, 1.54) is 0 Å². The van der Waals surface area contributed by atoms with Gasteiger partial charge in [-0.3, -0.25) is 14.6 Å². The fraction of sp³-hybridized carbons (Fsp3) is 0.444. The van der Waals surface area contributed by atoms with Crippen molar-refractivity contribution in [2.45, 2.75) is 38.6 Å². The van der Waals surface area contributed by atoms with E-state index in [4.69, 9.17) is 15.2 Å². The number of ether oxygens (including phenoxy) is 2. The second kappa shape index (κ2) is 11.4. The SMILES string of the molecule is CCCOC(=O)CC1CCc2cc(C(=O)c3ccc(C=NN4CCOCC4)cc3)ccc2C1N. The molecule has 0 saturated carbocycles. The monoisotopic (exact) mass is 463 g/mol. The van der Waals surface area contributed by atoms with Crippen molar-refractivity contribution in [2.24, 2.45) is 16.8 Å². The average Bonchev–Trinajstić information content (AvgIpc) is 2.88. The van der Waals surface area contributed by atoms with Crippen LogP contribution in [0.2, 0.25) is 0 Å². The number of fused-ring (bicyclic) bond motifs is 1. The highest BCUT2D eigenvalue weighted by atomic mass is 16.5. The number of nitrogens with two attached hydrogens (primary N) is 1. The second-order valence-electron chi connectivity index (χ2n) is 8.92. The van der Waals surface area contributed by atoms with Crippen LogP contribution < -0.4 is 5.73 Å². The Labute approximate surface area is 200 Å². The molecule has 2 aromatic rings. The van der Waals surface area contributed by atoms with E-state index in [-0.39, 0.29) is 23.7 Å². The van der Waals surface area contributed by atoms with Crippen molar-refractivity contribution < 1.29 is 19.1 Å². The van der Waals surface area contributed by atoms with Gasteiger partial charge in [-0.15, -0.1) is 0 Å². The van der Waals surface area contributed by atoms with Gasteiger partial charge in [-0.05, 0) is 47.9 Å². The van der Waals surface area contributed by atoms with Crippen molar-refractivity contribution in [3.05, 3.63) is 70.3 Å². The molecule has 1 fully saturated rings. The Kier molecular flexibility index (Phi) is 8.08. The Morgan fingerprint density at radius 2 is 1.88 bits per heavy atom. The molecule has 2 atom stereocenters. The molecule has 2 aromatic carbocycles. The van der Waals surface area contributed by atoms with Gasteiger partial charge in [0.05, 0.1) is 45.5 Å². The first-order chi connectivity index (χ1) is 16.5. The summed E-state index contributed by atoms with van der Waals surface area (Å²) in [5.41, 5.74) is 10.8. The molecule has 7 nitrogen and oxygen atoms in total. The van der Waals surface area contributed by atoms with Gasteiger partial charge in [0.1, 0.15) is 0 Å². The molecule has 7 heteroatoms. The smallest absolute Gasteiger partial charge is 0.306 e. The minimum atomic E-state index is -0.230. The zero-order chi connectivity index (χ0) is 23.9. The summed E-state index contributed by atoms with van der Waals surface area (Å²) in [6.45, 7) is 5.40. The maximum Gasteiger partial charge on any atom is 0.306 e. The van der Waals surface area contributed by atoms with Gasteiger partial charge < -0.3 is 15.2 Å². The van der Waals surface area contributed by atoms with E-state index < -0.39 is 0 Å².